The SMILES string of the molecule is N=C(N)CCOc1ccc([N+](=O)[O-])c2ncccc12. The Hall–Kier alpha value is -2.70. The first-order chi connectivity index (χ1) is 9.09. The second kappa shape index (κ2) is 5.30. The normalized spacial score (nSPS) is 10.3. The van der Waals surface area contributed by atoms with Crippen molar-refractivity contribution in [1.29, 1.82) is 5.41 Å². The van der Waals surface area contributed by atoms with Crippen molar-refractivity contribution >= 4 is 22.4 Å². The summed E-state index contributed by atoms with van der Waals surface area (Å²) in [4.78, 5) is 14.4. The van der Waals surface area contributed by atoms with Gasteiger partial charge in [0.15, 0.2) is 5.52 Å². The molecular formula is C12H12N4O3. The van der Waals surface area contributed by atoms with Gasteiger partial charge >= 0.3 is 0 Å². The van der Waals surface area contributed by atoms with E-state index in [1.54, 1.807) is 12.1 Å². The summed E-state index contributed by atoms with van der Waals surface area (Å²) >= 11 is 0. The van der Waals surface area contributed by atoms with E-state index in [4.69, 9.17) is 15.9 Å². The van der Waals surface area contributed by atoms with Crippen molar-refractivity contribution < 1.29 is 9.66 Å². The number of non-ortho nitro benzene ring substituents is 1. The van der Waals surface area contributed by atoms with Gasteiger partial charge in [0.1, 0.15) is 5.75 Å². The topological polar surface area (TPSA) is 115 Å². The van der Waals surface area contributed by atoms with E-state index in [1.807, 2.05) is 0 Å². The second-order valence-corrected chi connectivity index (χ2v) is 3.86. The molecule has 19 heavy (non-hydrogen) atoms. The van der Waals surface area contributed by atoms with Gasteiger partial charge in [-0.3, -0.25) is 15.5 Å². The molecule has 0 atom stereocenters. The predicted octanol–water partition coefficient (Wildman–Crippen LogP) is 1.85. The molecule has 0 aliphatic carbocycles. The summed E-state index contributed by atoms with van der Waals surface area (Å²) in [7, 11) is 0. The van der Waals surface area contributed by atoms with Crippen LogP contribution < -0.4 is 10.5 Å². The van der Waals surface area contributed by atoms with E-state index in [0.717, 1.165) is 0 Å². The quantitative estimate of drug-likeness (QED) is 0.368. The molecule has 1 aromatic carbocycles. The molecule has 1 aromatic heterocycles. The Labute approximate surface area is 108 Å². The molecule has 0 radical (unpaired) electrons. The summed E-state index contributed by atoms with van der Waals surface area (Å²) in [5, 5.41) is 18.6. The van der Waals surface area contributed by atoms with E-state index < -0.39 is 4.92 Å². The van der Waals surface area contributed by atoms with E-state index in [0.29, 0.717) is 17.6 Å². The van der Waals surface area contributed by atoms with Gasteiger partial charge in [-0.1, -0.05) is 0 Å². The number of ether oxygens (including phenoxy) is 1. The molecule has 1 heterocycles. The molecule has 0 aliphatic heterocycles. The number of fused-ring (bicyclic) bond motifs is 1. The maximum atomic E-state index is 10.9. The predicted molar refractivity (Wildman–Crippen MR) is 70.4 cm³/mol. The first-order valence-corrected chi connectivity index (χ1v) is 5.57. The molecule has 0 fully saturated rings. The van der Waals surface area contributed by atoms with Crippen LogP contribution in [0.25, 0.3) is 10.9 Å². The number of hydrogen-bond acceptors (Lipinski definition) is 5. The van der Waals surface area contributed by atoms with Crippen LogP contribution in [0.2, 0.25) is 0 Å². The van der Waals surface area contributed by atoms with E-state index in [2.05, 4.69) is 4.98 Å². The van der Waals surface area contributed by atoms with Gasteiger partial charge in [0.2, 0.25) is 0 Å². The fraction of sp³-hybridized carbons (Fsp3) is 0.167. The number of nitro benzene ring substituents is 1. The first-order valence-electron chi connectivity index (χ1n) is 5.57. The number of rotatable bonds is 5. The molecule has 2 aromatic rings. The smallest absolute Gasteiger partial charge is 0.295 e. The number of hydrogen-bond donors (Lipinski definition) is 2. The van der Waals surface area contributed by atoms with Crippen LogP contribution in [0.15, 0.2) is 30.5 Å². The summed E-state index contributed by atoms with van der Waals surface area (Å²) < 4.78 is 5.48. The molecule has 98 valence electrons. The third-order valence-corrected chi connectivity index (χ3v) is 2.53. The molecule has 7 heteroatoms. The largest absolute Gasteiger partial charge is 0.492 e. The summed E-state index contributed by atoms with van der Waals surface area (Å²) in [5.74, 6) is 0.527. The molecule has 0 bridgehead atoms. The Kier molecular flexibility index (Phi) is 3.56. The van der Waals surface area contributed by atoms with Gasteiger partial charge in [0.25, 0.3) is 5.69 Å². The number of pyridine rings is 1. The minimum Gasteiger partial charge on any atom is -0.492 e. The molecule has 0 spiro atoms. The van der Waals surface area contributed by atoms with Gasteiger partial charge in [0.05, 0.1) is 17.4 Å². The summed E-state index contributed by atoms with van der Waals surface area (Å²) in [5.41, 5.74) is 5.46. The zero-order valence-electron chi connectivity index (χ0n) is 10.00. The third kappa shape index (κ3) is 2.76. The number of nitro groups is 1. The van der Waals surface area contributed by atoms with Crippen molar-refractivity contribution in [3.8, 4) is 5.75 Å². The van der Waals surface area contributed by atoms with Crippen molar-refractivity contribution in [3.05, 3.63) is 40.6 Å². The molecule has 0 amide bonds. The Balaban J connectivity index is 2.38. The number of nitrogens with zero attached hydrogens (tertiary/aromatic N) is 2. The van der Waals surface area contributed by atoms with Crippen molar-refractivity contribution in [2.45, 2.75) is 6.42 Å². The molecule has 0 saturated carbocycles. The highest BCUT2D eigenvalue weighted by molar-refractivity contribution is 5.92. The number of nitrogens with two attached hydrogens (primary N) is 1. The zero-order valence-corrected chi connectivity index (χ0v) is 10.00. The molecule has 3 N–H and O–H groups in total. The highest BCUT2D eigenvalue weighted by Crippen LogP contribution is 2.31. The Morgan fingerprint density at radius 3 is 2.95 bits per heavy atom. The molecule has 0 saturated heterocycles. The Bertz CT molecular complexity index is 642. The molecule has 7 nitrogen and oxygen atoms in total. The third-order valence-electron chi connectivity index (χ3n) is 2.53. The second-order valence-electron chi connectivity index (χ2n) is 3.86. The van der Waals surface area contributed by atoms with Crippen molar-refractivity contribution in [1.82, 2.24) is 4.98 Å². The summed E-state index contributed by atoms with van der Waals surface area (Å²) in [6.07, 6.45) is 1.80. The van der Waals surface area contributed by atoms with Crippen molar-refractivity contribution in [2.24, 2.45) is 5.73 Å². The Morgan fingerprint density at radius 1 is 1.47 bits per heavy atom. The van der Waals surface area contributed by atoms with E-state index in [9.17, 15) is 10.1 Å². The highest BCUT2D eigenvalue weighted by Gasteiger charge is 2.15. The lowest BCUT2D eigenvalue weighted by Crippen LogP contribution is -2.13. The fourth-order valence-corrected chi connectivity index (χ4v) is 1.68. The lowest BCUT2D eigenvalue weighted by atomic mass is 10.1. The van der Waals surface area contributed by atoms with E-state index in [1.165, 1.54) is 18.3 Å². The number of nitrogens with one attached hydrogen (secondary N) is 1. The monoisotopic (exact) mass is 260 g/mol. The lowest BCUT2D eigenvalue weighted by Gasteiger charge is -2.08. The van der Waals surface area contributed by atoms with Crippen molar-refractivity contribution in [2.75, 3.05) is 6.61 Å². The number of benzene rings is 1. The van der Waals surface area contributed by atoms with Gasteiger partial charge < -0.3 is 10.5 Å². The minimum absolute atomic E-state index is 0.0318. The van der Waals surface area contributed by atoms with Gasteiger partial charge in [-0.2, -0.15) is 0 Å². The van der Waals surface area contributed by atoms with Crippen LogP contribution in [-0.4, -0.2) is 22.3 Å². The van der Waals surface area contributed by atoms with Crippen LogP contribution in [-0.2, 0) is 0 Å². The van der Waals surface area contributed by atoms with Crippen LogP contribution in [0.3, 0.4) is 0 Å². The lowest BCUT2D eigenvalue weighted by molar-refractivity contribution is -0.383. The van der Waals surface area contributed by atoms with Gasteiger partial charge in [-0.15, -0.1) is 0 Å². The summed E-state index contributed by atoms with van der Waals surface area (Å²) in [6, 6.07) is 6.28. The van der Waals surface area contributed by atoms with Crippen LogP contribution in [0.4, 0.5) is 5.69 Å². The average molecular weight is 260 g/mol. The number of aromatic nitrogens is 1. The van der Waals surface area contributed by atoms with Gasteiger partial charge in [0, 0.05) is 24.1 Å². The molecule has 0 unspecified atom stereocenters. The maximum absolute atomic E-state index is 10.9. The number of amidine groups is 1. The van der Waals surface area contributed by atoms with Crippen LogP contribution in [0, 0.1) is 15.5 Å². The fourth-order valence-electron chi connectivity index (χ4n) is 1.68. The maximum Gasteiger partial charge on any atom is 0.295 e. The van der Waals surface area contributed by atoms with E-state index in [-0.39, 0.29) is 23.6 Å². The van der Waals surface area contributed by atoms with Crippen molar-refractivity contribution in [3.63, 3.8) is 0 Å². The summed E-state index contributed by atoms with van der Waals surface area (Å²) in [6.45, 7) is 0.247. The Morgan fingerprint density at radius 2 is 2.26 bits per heavy atom. The molecular weight excluding hydrogens is 248 g/mol. The highest BCUT2D eigenvalue weighted by atomic mass is 16.6. The zero-order chi connectivity index (χ0) is 13.8. The van der Waals surface area contributed by atoms with E-state index >= 15 is 0 Å². The molecule has 2 rings (SSSR count). The van der Waals surface area contributed by atoms with Crippen LogP contribution >= 0.6 is 0 Å². The first kappa shape index (κ1) is 12.7. The average Bonchev–Trinajstić information content (AvgIpc) is 2.38. The molecule has 0 aliphatic rings. The van der Waals surface area contributed by atoms with Gasteiger partial charge in [-0.25, -0.2) is 4.98 Å². The van der Waals surface area contributed by atoms with Crippen LogP contribution in [0.1, 0.15) is 6.42 Å². The standard InChI is InChI=1S/C12H12N4O3/c13-11(14)5-7-19-10-4-3-9(16(17)18)12-8(10)2-1-6-15-12/h1-4,6H,5,7H2,(H3,13,14). The van der Waals surface area contributed by atoms with Crippen LogP contribution in [0.5, 0.6) is 5.75 Å². The minimum atomic E-state index is -0.477. The van der Waals surface area contributed by atoms with Gasteiger partial charge in [-0.05, 0) is 18.2 Å².